The van der Waals surface area contributed by atoms with Crippen LogP contribution >= 0.6 is 0 Å². The zero-order valence-corrected chi connectivity index (χ0v) is 14.0. The molecule has 1 aliphatic heterocycles. The van der Waals surface area contributed by atoms with Crippen LogP contribution in [0.25, 0.3) is 0 Å². The highest BCUT2D eigenvalue weighted by Gasteiger charge is 2.28. The van der Waals surface area contributed by atoms with Gasteiger partial charge in [-0.25, -0.2) is 5.43 Å². The van der Waals surface area contributed by atoms with E-state index in [1.807, 2.05) is 30.3 Å². The van der Waals surface area contributed by atoms with Crippen LogP contribution in [-0.4, -0.2) is 29.8 Å². The maximum atomic E-state index is 12.2. The van der Waals surface area contributed by atoms with Crippen LogP contribution in [0.2, 0.25) is 0 Å². The number of carbonyl (C=O) groups excluding carboxylic acids is 1. The number of nitrogens with one attached hydrogen (secondary N) is 2. The number of aromatic nitrogens is 1. The summed E-state index contributed by atoms with van der Waals surface area (Å²) >= 11 is 0. The van der Waals surface area contributed by atoms with Crippen molar-refractivity contribution in [3.8, 4) is 11.5 Å². The molecule has 0 saturated heterocycles. The van der Waals surface area contributed by atoms with E-state index < -0.39 is 6.10 Å². The highest BCUT2D eigenvalue weighted by molar-refractivity contribution is 5.84. The normalized spacial score (nSPS) is 17.0. The Balaban J connectivity index is 1.66. The first-order valence-corrected chi connectivity index (χ1v) is 7.84. The van der Waals surface area contributed by atoms with Crippen molar-refractivity contribution in [2.75, 3.05) is 6.61 Å². The fraction of sp³-hybridized carbons (Fsp3) is 0.333. The van der Waals surface area contributed by atoms with Gasteiger partial charge in [0.05, 0.1) is 11.9 Å². The van der Waals surface area contributed by atoms with E-state index in [1.165, 1.54) is 6.21 Å². The Kier molecular flexibility index (Phi) is 4.29. The van der Waals surface area contributed by atoms with Gasteiger partial charge in [0.15, 0.2) is 11.5 Å². The maximum Gasteiger partial charge on any atom is 0.284 e. The number of fused-ring (bicyclic) bond motifs is 1. The van der Waals surface area contributed by atoms with Gasteiger partial charge in [0.25, 0.3) is 5.91 Å². The molecule has 2 aromatic rings. The summed E-state index contributed by atoms with van der Waals surface area (Å²) in [6.45, 7) is 6.53. The number of hydrogen-bond acceptors (Lipinski definition) is 4. The molecular formula is C18H21N3O3. The summed E-state index contributed by atoms with van der Waals surface area (Å²) in [5.74, 6) is 0.897. The highest BCUT2D eigenvalue weighted by Crippen LogP contribution is 2.36. The van der Waals surface area contributed by atoms with Crippen molar-refractivity contribution in [2.24, 2.45) is 5.10 Å². The SMILES string of the molecule is CC(C)(C)c1ccc2c(c1)OC(C(=O)N/N=C\c1ccc[nH]1)CO2. The van der Waals surface area contributed by atoms with Crippen molar-refractivity contribution >= 4 is 12.1 Å². The van der Waals surface area contributed by atoms with Crippen molar-refractivity contribution in [3.63, 3.8) is 0 Å². The van der Waals surface area contributed by atoms with Gasteiger partial charge < -0.3 is 14.5 Å². The monoisotopic (exact) mass is 327 g/mol. The third-order valence-electron chi connectivity index (χ3n) is 3.76. The third kappa shape index (κ3) is 3.59. The molecule has 0 aliphatic carbocycles. The second-order valence-electron chi connectivity index (χ2n) is 6.69. The number of nitrogens with zero attached hydrogens (tertiary/aromatic N) is 1. The molecule has 3 rings (SSSR count). The molecule has 126 valence electrons. The third-order valence-corrected chi connectivity index (χ3v) is 3.76. The molecule has 2 heterocycles. The van der Waals surface area contributed by atoms with Crippen molar-refractivity contribution in [1.82, 2.24) is 10.4 Å². The van der Waals surface area contributed by atoms with E-state index in [-0.39, 0.29) is 17.9 Å². The molecule has 2 N–H and O–H groups in total. The highest BCUT2D eigenvalue weighted by atomic mass is 16.6. The molecule has 1 aliphatic rings. The molecule has 1 atom stereocenters. The summed E-state index contributed by atoms with van der Waals surface area (Å²) in [5.41, 5.74) is 4.39. The maximum absolute atomic E-state index is 12.2. The largest absolute Gasteiger partial charge is 0.485 e. The van der Waals surface area contributed by atoms with Crippen LogP contribution < -0.4 is 14.9 Å². The molecule has 6 heteroatoms. The number of rotatable bonds is 3. The molecule has 1 aromatic carbocycles. The number of amides is 1. The minimum Gasteiger partial charge on any atom is -0.485 e. The quantitative estimate of drug-likeness (QED) is 0.672. The van der Waals surface area contributed by atoms with Crippen LogP contribution in [0.15, 0.2) is 41.6 Å². The fourth-order valence-corrected chi connectivity index (χ4v) is 2.33. The lowest BCUT2D eigenvalue weighted by Crippen LogP contribution is -2.42. The van der Waals surface area contributed by atoms with E-state index in [0.29, 0.717) is 11.5 Å². The van der Waals surface area contributed by atoms with Gasteiger partial charge in [0.2, 0.25) is 6.10 Å². The number of ether oxygens (including phenoxy) is 2. The fourth-order valence-electron chi connectivity index (χ4n) is 2.33. The Morgan fingerprint density at radius 2 is 2.17 bits per heavy atom. The van der Waals surface area contributed by atoms with E-state index in [1.54, 1.807) is 6.20 Å². The summed E-state index contributed by atoms with van der Waals surface area (Å²) < 4.78 is 11.4. The number of hydrazone groups is 1. The first-order valence-electron chi connectivity index (χ1n) is 7.84. The predicted octanol–water partition coefficient (Wildman–Crippen LogP) is 2.60. The molecule has 1 aromatic heterocycles. The average molecular weight is 327 g/mol. The molecule has 6 nitrogen and oxygen atoms in total. The van der Waals surface area contributed by atoms with Gasteiger partial charge >= 0.3 is 0 Å². The Labute approximate surface area is 140 Å². The molecule has 0 spiro atoms. The number of aromatic amines is 1. The summed E-state index contributed by atoms with van der Waals surface area (Å²) in [7, 11) is 0. The van der Waals surface area contributed by atoms with E-state index in [0.717, 1.165) is 11.3 Å². The lowest BCUT2D eigenvalue weighted by atomic mass is 9.87. The number of H-pyrrole nitrogens is 1. The van der Waals surface area contributed by atoms with Crippen LogP contribution in [-0.2, 0) is 10.2 Å². The second kappa shape index (κ2) is 6.39. The zero-order valence-electron chi connectivity index (χ0n) is 14.0. The average Bonchev–Trinajstić information content (AvgIpc) is 3.06. The Morgan fingerprint density at radius 3 is 2.88 bits per heavy atom. The Hall–Kier alpha value is -2.76. The van der Waals surface area contributed by atoms with E-state index in [2.05, 4.69) is 36.3 Å². The first kappa shape index (κ1) is 16.1. The number of benzene rings is 1. The molecule has 1 amide bonds. The molecule has 0 saturated carbocycles. The van der Waals surface area contributed by atoms with Gasteiger partial charge in [-0.2, -0.15) is 5.10 Å². The molecule has 0 fully saturated rings. The summed E-state index contributed by atoms with van der Waals surface area (Å²) in [4.78, 5) is 15.1. The Bertz CT molecular complexity index is 745. The van der Waals surface area contributed by atoms with Crippen LogP contribution in [0, 0.1) is 0 Å². The van der Waals surface area contributed by atoms with Gasteiger partial charge in [0.1, 0.15) is 6.61 Å². The Morgan fingerprint density at radius 1 is 1.33 bits per heavy atom. The van der Waals surface area contributed by atoms with Gasteiger partial charge in [-0.15, -0.1) is 0 Å². The minimum absolute atomic E-state index is 0.00603. The van der Waals surface area contributed by atoms with Gasteiger partial charge in [-0.05, 0) is 35.2 Å². The molecule has 0 bridgehead atoms. The van der Waals surface area contributed by atoms with Crippen LogP contribution in [0.1, 0.15) is 32.0 Å². The van der Waals surface area contributed by atoms with Gasteiger partial charge in [-0.1, -0.05) is 26.8 Å². The van der Waals surface area contributed by atoms with Crippen molar-refractivity contribution in [1.29, 1.82) is 0 Å². The summed E-state index contributed by atoms with van der Waals surface area (Å²) in [6.07, 6.45) is 2.59. The van der Waals surface area contributed by atoms with E-state index in [9.17, 15) is 4.79 Å². The topological polar surface area (TPSA) is 75.7 Å². The second-order valence-corrected chi connectivity index (χ2v) is 6.69. The lowest BCUT2D eigenvalue weighted by Gasteiger charge is -2.27. The number of hydrogen-bond donors (Lipinski definition) is 2. The van der Waals surface area contributed by atoms with Crippen LogP contribution in [0.4, 0.5) is 0 Å². The molecule has 0 radical (unpaired) electrons. The number of carbonyl (C=O) groups is 1. The lowest BCUT2D eigenvalue weighted by molar-refractivity contribution is -0.130. The predicted molar refractivity (Wildman–Crippen MR) is 91.6 cm³/mol. The molecule has 1 unspecified atom stereocenters. The molecular weight excluding hydrogens is 306 g/mol. The van der Waals surface area contributed by atoms with Crippen molar-refractivity contribution in [2.45, 2.75) is 32.3 Å². The zero-order chi connectivity index (χ0) is 17.2. The van der Waals surface area contributed by atoms with Crippen molar-refractivity contribution < 1.29 is 14.3 Å². The van der Waals surface area contributed by atoms with Crippen LogP contribution in [0.3, 0.4) is 0 Å². The van der Waals surface area contributed by atoms with Crippen molar-refractivity contribution in [3.05, 3.63) is 47.8 Å². The van der Waals surface area contributed by atoms with E-state index in [4.69, 9.17) is 9.47 Å². The minimum atomic E-state index is -0.728. The smallest absolute Gasteiger partial charge is 0.284 e. The standard InChI is InChI=1S/C18H21N3O3/c1-18(2,3)12-6-7-14-15(9-12)24-16(11-23-14)17(22)21-20-10-13-5-4-8-19-13/h4-10,16,19H,11H2,1-3H3,(H,21,22)/b20-10-. The van der Waals surface area contributed by atoms with E-state index >= 15 is 0 Å². The summed E-state index contributed by atoms with van der Waals surface area (Å²) in [5, 5.41) is 3.91. The molecule has 24 heavy (non-hydrogen) atoms. The van der Waals surface area contributed by atoms with Gasteiger partial charge in [0, 0.05) is 6.20 Å². The van der Waals surface area contributed by atoms with Gasteiger partial charge in [-0.3, -0.25) is 4.79 Å². The first-order chi connectivity index (χ1) is 11.4. The summed E-state index contributed by atoms with van der Waals surface area (Å²) in [6, 6.07) is 9.53. The van der Waals surface area contributed by atoms with Crippen LogP contribution in [0.5, 0.6) is 11.5 Å².